The summed E-state index contributed by atoms with van der Waals surface area (Å²) in [5.74, 6) is 1.32. The molecule has 1 atom stereocenters. The number of benzene rings is 1. The summed E-state index contributed by atoms with van der Waals surface area (Å²) in [5, 5.41) is 6.15. The lowest BCUT2D eigenvalue weighted by Crippen LogP contribution is -2.43. The first kappa shape index (κ1) is 14.7. The van der Waals surface area contributed by atoms with E-state index in [0.29, 0.717) is 18.1 Å². The molecule has 0 bridgehead atoms. The van der Waals surface area contributed by atoms with Gasteiger partial charge in [-0.3, -0.25) is 4.79 Å². The van der Waals surface area contributed by atoms with E-state index < -0.39 is 0 Å². The third-order valence-electron chi connectivity index (χ3n) is 3.36. The van der Waals surface area contributed by atoms with Crippen LogP contribution in [-0.2, 0) is 4.79 Å². The van der Waals surface area contributed by atoms with Crippen molar-refractivity contribution in [3.05, 3.63) is 18.2 Å². The highest BCUT2D eigenvalue weighted by Gasteiger charge is 2.20. The molecule has 0 spiro atoms. The largest absolute Gasteiger partial charge is 0.493 e. The number of amides is 1. The second kappa shape index (κ2) is 7.14. The number of methoxy groups -OCH3 is 1. The molecular formula is C15H22N2O3. The van der Waals surface area contributed by atoms with E-state index in [1.165, 1.54) is 0 Å². The first-order chi connectivity index (χ1) is 9.74. The Hall–Kier alpha value is -1.75. The van der Waals surface area contributed by atoms with Gasteiger partial charge in [0.15, 0.2) is 11.5 Å². The number of hydrogen-bond donors (Lipinski definition) is 2. The van der Waals surface area contributed by atoms with Crippen LogP contribution in [0.2, 0.25) is 0 Å². The summed E-state index contributed by atoms with van der Waals surface area (Å²) in [6.45, 7) is 3.41. The van der Waals surface area contributed by atoms with E-state index in [4.69, 9.17) is 9.47 Å². The fourth-order valence-electron chi connectivity index (χ4n) is 2.33. The molecule has 1 heterocycles. The summed E-state index contributed by atoms with van der Waals surface area (Å²) in [5.41, 5.74) is 0.725. The summed E-state index contributed by atoms with van der Waals surface area (Å²) in [6, 6.07) is 5.33. The van der Waals surface area contributed by atoms with E-state index >= 15 is 0 Å². The Morgan fingerprint density at radius 2 is 2.25 bits per heavy atom. The van der Waals surface area contributed by atoms with Crippen LogP contribution >= 0.6 is 0 Å². The number of carbonyl (C=O) groups is 1. The minimum absolute atomic E-state index is 0.0101. The molecule has 110 valence electrons. The number of carbonyl (C=O) groups excluding carboxylic acids is 1. The second-order valence-electron chi connectivity index (χ2n) is 4.79. The average molecular weight is 278 g/mol. The first-order valence-electron chi connectivity index (χ1n) is 7.09. The van der Waals surface area contributed by atoms with Crippen molar-refractivity contribution >= 4 is 11.6 Å². The molecular weight excluding hydrogens is 256 g/mol. The van der Waals surface area contributed by atoms with Gasteiger partial charge in [0.25, 0.3) is 0 Å². The molecule has 2 N–H and O–H groups in total. The SMILES string of the molecule is CCOc1ccc(NC(=O)C2CCCCN2)cc1OC. The lowest BCUT2D eigenvalue weighted by atomic mass is 10.0. The third-order valence-corrected chi connectivity index (χ3v) is 3.36. The summed E-state index contributed by atoms with van der Waals surface area (Å²) < 4.78 is 10.7. The fourth-order valence-corrected chi connectivity index (χ4v) is 2.33. The molecule has 0 aliphatic carbocycles. The van der Waals surface area contributed by atoms with Gasteiger partial charge in [0.05, 0.1) is 19.8 Å². The van der Waals surface area contributed by atoms with Crippen LogP contribution in [0.25, 0.3) is 0 Å². The van der Waals surface area contributed by atoms with Crippen molar-refractivity contribution in [2.75, 3.05) is 25.6 Å². The van der Waals surface area contributed by atoms with Gasteiger partial charge >= 0.3 is 0 Å². The van der Waals surface area contributed by atoms with E-state index in [9.17, 15) is 4.79 Å². The molecule has 5 nitrogen and oxygen atoms in total. The molecule has 0 aromatic heterocycles. The normalized spacial score (nSPS) is 18.4. The highest BCUT2D eigenvalue weighted by atomic mass is 16.5. The standard InChI is InChI=1S/C15H22N2O3/c1-3-20-13-8-7-11(10-14(13)19-2)17-15(18)12-6-4-5-9-16-12/h7-8,10,12,16H,3-6,9H2,1-2H3,(H,17,18). The Kier molecular flexibility index (Phi) is 5.24. The molecule has 1 aliphatic rings. The summed E-state index contributed by atoms with van der Waals surface area (Å²) >= 11 is 0. The first-order valence-corrected chi connectivity index (χ1v) is 7.09. The molecule has 1 aromatic rings. The Balaban J connectivity index is 2.03. The van der Waals surface area contributed by atoms with Gasteiger partial charge in [-0.1, -0.05) is 6.42 Å². The van der Waals surface area contributed by atoms with Crippen molar-refractivity contribution in [3.63, 3.8) is 0 Å². The minimum Gasteiger partial charge on any atom is -0.493 e. The molecule has 2 rings (SSSR count). The van der Waals surface area contributed by atoms with E-state index in [2.05, 4.69) is 10.6 Å². The van der Waals surface area contributed by atoms with Crippen LogP contribution in [0.1, 0.15) is 26.2 Å². The maximum atomic E-state index is 12.1. The zero-order valence-electron chi connectivity index (χ0n) is 12.1. The summed E-state index contributed by atoms with van der Waals surface area (Å²) in [6.07, 6.45) is 3.12. The van der Waals surface area contributed by atoms with Gasteiger partial charge in [0.1, 0.15) is 0 Å². The average Bonchev–Trinajstić information content (AvgIpc) is 2.50. The van der Waals surface area contributed by atoms with Crippen LogP contribution in [0, 0.1) is 0 Å². The van der Waals surface area contributed by atoms with Crippen LogP contribution in [0.3, 0.4) is 0 Å². The number of ether oxygens (including phenoxy) is 2. The van der Waals surface area contributed by atoms with Gasteiger partial charge in [-0.2, -0.15) is 0 Å². The van der Waals surface area contributed by atoms with Crippen molar-refractivity contribution in [2.24, 2.45) is 0 Å². The van der Waals surface area contributed by atoms with Crippen LogP contribution in [0.4, 0.5) is 5.69 Å². The van der Waals surface area contributed by atoms with Crippen molar-refractivity contribution in [3.8, 4) is 11.5 Å². The predicted molar refractivity (Wildman–Crippen MR) is 78.4 cm³/mol. The van der Waals surface area contributed by atoms with Gasteiger partial charge in [-0.25, -0.2) is 0 Å². The smallest absolute Gasteiger partial charge is 0.241 e. The van der Waals surface area contributed by atoms with E-state index in [0.717, 1.165) is 31.5 Å². The summed E-state index contributed by atoms with van der Waals surface area (Å²) in [4.78, 5) is 12.1. The lowest BCUT2D eigenvalue weighted by molar-refractivity contribution is -0.118. The topological polar surface area (TPSA) is 59.6 Å². The molecule has 1 aromatic carbocycles. The van der Waals surface area contributed by atoms with Gasteiger partial charge < -0.3 is 20.1 Å². The maximum Gasteiger partial charge on any atom is 0.241 e. The van der Waals surface area contributed by atoms with Crippen LogP contribution < -0.4 is 20.1 Å². The van der Waals surface area contributed by atoms with Crippen molar-refractivity contribution < 1.29 is 14.3 Å². The highest BCUT2D eigenvalue weighted by Crippen LogP contribution is 2.30. The Morgan fingerprint density at radius 3 is 2.90 bits per heavy atom. The number of anilines is 1. The zero-order chi connectivity index (χ0) is 14.4. The Bertz CT molecular complexity index is 456. The quantitative estimate of drug-likeness (QED) is 0.866. The van der Waals surface area contributed by atoms with Gasteiger partial charge in [-0.15, -0.1) is 0 Å². The highest BCUT2D eigenvalue weighted by molar-refractivity contribution is 5.95. The lowest BCUT2D eigenvalue weighted by Gasteiger charge is -2.22. The molecule has 5 heteroatoms. The van der Waals surface area contributed by atoms with Crippen LogP contribution in [0.15, 0.2) is 18.2 Å². The molecule has 0 saturated carbocycles. The fraction of sp³-hybridized carbons (Fsp3) is 0.533. The monoisotopic (exact) mass is 278 g/mol. The van der Waals surface area contributed by atoms with Gasteiger partial charge in [0, 0.05) is 11.8 Å². The van der Waals surface area contributed by atoms with Crippen molar-refractivity contribution in [2.45, 2.75) is 32.2 Å². The van der Waals surface area contributed by atoms with Gasteiger partial charge in [-0.05, 0) is 38.4 Å². The molecule has 1 amide bonds. The molecule has 1 unspecified atom stereocenters. The molecule has 1 fully saturated rings. The van der Waals surface area contributed by atoms with Crippen molar-refractivity contribution in [1.82, 2.24) is 5.32 Å². The number of hydrogen-bond acceptors (Lipinski definition) is 4. The predicted octanol–water partition coefficient (Wildman–Crippen LogP) is 2.17. The Morgan fingerprint density at radius 1 is 1.40 bits per heavy atom. The molecule has 1 saturated heterocycles. The van der Waals surface area contributed by atoms with E-state index in [-0.39, 0.29) is 11.9 Å². The molecule has 1 aliphatic heterocycles. The minimum atomic E-state index is -0.0960. The third kappa shape index (κ3) is 3.63. The summed E-state index contributed by atoms with van der Waals surface area (Å²) in [7, 11) is 1.59. The maximum absolute atomic E-state index is 12.1. The number of nitrogens with one attached hydrogen (secondary N) is 2. The van der Waals surface area contributed by atoms with Crippen LogP contribution in [-0.4, -0.2) is 32.2 Å². The molecule has 20 heavy (non-hydrogen) atoms. The number of rotatable bonds is 5. The zero-order valence-corrected chi connectivity index (χ0v) is 12.1. The van der Waals surface area contributed by atoms with Gasteiger partial charge in [0.2, 0.25) is 5.91 Å². The van der Waals surface area contributed by atoms with E-state index in [1.54, 1.807) is 13.2 Å². The number of piperidine rings is 1. The Labute approximate surface area is 119 Å². The van der Waals surface area contributed by atoms with Crippen LogP contribution in [0.5, 0.6) is 11.5 Å². The molecule has 0 radical (unpaired) electrons. The van der Waals surface area contributed by atoms with E-state index in [1.807, 2.05) is 19.1 Å². The second-order valence-corrected chi connectivity index (χ2v) is 4.79. The van der Waals surface area contributed by atoms with Crippen molar-refractivity contribution in [1.29, 1.82) is 0 Å².